The maximum atomic E-state index is 12.1. The number of carbonyl (C=O) groups is 2. The van der Waals surface area contributed by atoms with Crippen molar-refractivity contribution in [1.82, 2.24) is 15.4 Å². The number of aromatic nitrogens is 1. The van der Waals surface area contributed by atoms with E-state index in [0.29, 0.717) is 5.69 Å². The molecule has 0 spiro atoms. The summed E-state index contributed by atoms with van der Waals surface area (Å²) in [6, 6.07) is 19.5. The number of hydrogen-bond acceptors (Lipinski definition) is 2. The normalized spacial score (nSPS) is 10.4. The zero-order valence-corrected chi connectivity index (χ0v) is 15.8. The largest absolute Gasteiger partial charge is 0.345 e. The first-order valence-corrected chi connectivity index (χ1v) is 8.87. The molecule has 2 aromatic carbocycles. The van der Waals surface area contributed by atoms with Crippen LogP contribution in [0.3, 0.4) is 0 Å². The number of carbonyl (C=O) groups excluding carboxylic acids is 2. The van der Waals surface area contributed by atoms with Gasteiger partial charge in [-0.1, -0.05) is 54.6 Å². The number of rotatable bonds is 4. The Morgan fingerprint density at radius 1 is 0.962 bits per heavy atom. The van der Waals surface area contributed by atoms with Crippen LogP contribution in [-0.4, -0.2) is 16.4 Å². The molecule has 0 aliphatic heterocycles. The molecule has 132 valence electrons. The molecule has 1 heterocycles. The number of aryl methyl sites for hydroxylation is 1. The average Bonchev–Trinajstić information content (AvgIpc) is 2.99. The van der Waals surface area contributed by atoms with E-state index in [0.717, 1.165) is 21.2 Å². The van der Waals surface area contributed by atoms with E-state index in [1.165, 1.54) is 0 Å². The Labute approximate surface area is 160 Å². The number of halogens is 1. The molecule has 5 nitrogen and oxygen atoms in total. The lowest BCUT2D eigenvalue weighted by Gasteiger charge is -2.08. The molecular weight excluding hydrogens is 394 g/mol. The van der Waals surface area contributed by atoms with Crippen molar-refractivity contribution in [3.8, 4) is 11.1 Å². The Kier molecular flexibility index (Phi) is 5.53. The molecule has 0 atom stereocenters. The highest BCUT2D eigenvalue weighted by Crippen LogP contribution is 2.19. The van der Waals surface area contributed by atoms with Gasteiger partial charge in [-0.3, -0.25) is 20.4 Å². The maximum absolute atomic E-state index is 12.1. The first kappa shape index (κ1) is 17.9. The van der Waals surface area contributed by atoms with Gasteiger partial charge < -0.3 is 4.57 Å². The third-order valence-electron chi connectivity index (χ3n) is 3.95. The minimum atomic E-state index is -0.369. The number of nitrogens with zero attached hydrogens (tertiary/aromatic N) is 1. The highest BCUT2D eigenvalue weighted by Gasteiger charge is 2.12. The molecule has 3 rings (SSSR count). The standard InChI is InChI=1S/C20H18BrN3O2/c1-24-13-17(21)12-18(24)20(26)23-22-19(25)11-14-7-9-16(10-8-14)15-5-3-2-4-6-15/h2-10,12-13H,11H2,1H3,(H,22,25)(H,23,26). The molecule has 0 saturated carbocycles. The van der Waals surface area contributed by atoms with E-state index < -0.39 is 0 Å². The van der Waals surface area contributed by atoms with Gasteiger partial charge in [0.1, 0.15) is 5.69 Å². The quantitative estimate of drug-likeness (QED) is 0.645. The van der Waals surface area contributed by atoms with Crippen molar-refractivity contribution >= 4 is 27.7 Å². The van der Waals surface area contributed by atoms with Crippen LogP contribution in [0, 0.1) is 0 Å². The summed E-state index contributed by atoms with van der Waals surface area (Å²) in [5.41, 5.74) is 8.42. The number of benzene rings is 2. The fraction of sp³-hybridized carbons (Fsp3) is 0.100. The zero-order chi connectivity index (χ0) is 18.5. The minimum absolute atomic E-state index is 0.187. The SMILES string of the molecule is Cn1cc(Br)cc1C(=O)NNC(=O)Cc1ccc(-c2ccccc2)cc1. The van der Waals surface area contributed by atoms with E-state index in [1.54, 1.807) is 23.9 Å². The van der Waals surface area contributed by atoms with Crippen LogP contribution in [0.1, 0.15) is 16.1 Å². The Hall–Kier alpha value is -2.86. The summed E-state index contributed by atoms with van der Waals surface area (Å²) in [4.78, 5) is 24.1. The summed E-state index contributed by atoms with van der Waals surface area (Å²) in [6.45, 7) is 0. The van der Waals surface area contributed by atoms with Crippen LogP contribution in [0.4, 0.5) is 0 Å². The first-order chi connectivity index (χ1) is 12.5. The molecule has 0 fully saturated rings. The predicted octanol–water partition coefficient (Wildman–Crippen LogP) is 3.46. The molecule has 2 amide bonds. The van der Waals surface area contributed by atoms with Crippen LogP contribution in [-0.2, 0) is 18.3 Å². The van der Waals surface area contributed by atoms with Crippen molar-refractivity contribution < 1.29 is 9.59 Å². The molecule has 26 heavy (non-hydrogen) atoms. The molecule has 2 N–H and O–H groups in total. The second kappa shape index (κ2) is 8.01. The van der Waals surface area contributed by atoms with E-state index >= 15 is 0 Å². The van der Waals surface area contributed by atoms with Crippen LogP contribution in [0.15, 0.2) is 71.3 Å². The molecule has 0 aliphatic carbocycles. The van der Waals surface area contributed by atoms with Crippen LogP contribution >= 0.6 is 15.9 Å². The van der Waals surface area contributed by atoms with Gasteiger partial charge in [-0.15, -0.1) is 0 Å². The molecule has 6 heteroatoms. The molecule has 0 aliphatic rings. The van der Waals surface area contributed by atoms with Gasteiger partial charge in [0.2, 0.25) is 5.91 Å². The zero-order valence-electron chi connectivity index (χ0n) is 14.2. The summed E-state index contributed by atoms with van der Waals surface area (Å²) >= 11 is 3.31. The summed E-state index contributed by atoms with van der Waals surface area (Å²) in [6.07, 6.45) is 1.96. The van der Waals surface area contributed by atoms with Gasteiger partial charge in [-0.25, -0.2) is 0 Å². The Morgan fingerprint density at radius 3 is 2.23 bits per heavy atom. The monoisotopic (exact) mass is 411 g/mol. The lowest BCUT2D eigenvalue weighted by atomic mass is 10.0. The van der Waals surface area contributed by atoms with Crippen LogP contribution < -0.4 is 10.9 Å². The van der Waals surface area contributed by atoms with Crippen LogP contribution in [0.5, 0.6) is 0 Å². The van der Waals surface area contributed by atoms with Gasteiger partial charge >= 0.3 is 0 Å². The van der Waals surface area contributed by atoms with Crippen molar-refractivity contribution in [2.45, 2.75) is 6.42 Å². The topological polar surface area (TPSA) is 63.1 Å². The Balaban J connectivity index is 1.55. The second-order valence-electron chi connectivity index (χ2n) is 5.90. The maximum Gasteiger partial charge on any atom is 0.286 e. The van der Waals surface area contributed by atoms with E-state index in [-0.39, 0.29) is 18.2 Å². The number of amides is 2. The fourth-order valence-corrected chi connectivity index (χ4v) is 3.14. The highest BCUT2D eigenvalue weighted by atomic mass is 79.9. The molecular formula is C20H18BrN3O2. The Morgan fingerprint density at radius 2 is 1.62 bits per heavy atom. The van der Waals surface area contributed by atoms with Crippen molar-refractivity contribution in [1.29, 1.82) is 0 Å². The van der Waals surface area contributed by atoms with Crippen LogP contribution in [0.25, 0.3) is 11.1 Å². The molecule has 3 aromatic rings. The van der Waals surface area contributed by atoms with Gasteiger partial charge in [0, 0.05) is 17.7 Å². The number of nitrogens with one attached hydrogen (secondary N) is 2. The molecule has 0 saturated heterocycles. The third-order valence-corrected chi connectivity index (χ3v) is 4.38. The fourth-order valence-electron chi connectivity index (χ4n) is 2.62. The second-order valence-corrected chi connectivity index (χ2v) is 6.81. The van der Waals surface area contributed by atoms with Gasteiger partial charge in [-0.05, 0) is 38.7 Å². The van der Waals surface area contributed by atoms with Crippen LogP contribution in [0.2, 0.25) is 0 Å². The summed E-state index contributed by atoms with van der Waals surface area (Å²) in [5.74, 6) is -0.648. The first-order valence-electron chi connectivity index (χ1n) is 8.08. The van der Waals surface area contributed by atoms with E-state index in [2.05, 4.69) is 26.8 Å². The Bertz CT molecular complexity index is 918. The average molecular weight is 412 g/mol. The van der Waals surface area contributed by atoms with Crippen molar-refractivity contribution in [2.24, 2.45) is 7.05 Å². The van der Waals surface area contributed by atoms with Crippen molar-refractivity contribution in [3.05, 3.63) is 82.6 Å². The number of hydrogen-bond donors (Lipinski definition) is 2. The number of hydrazine groups is 1. The molecule has 1 aromatic heterocycles. The lowest BCUT2D eigenvalue weighted by molar-refractivity contribution is -0.121. The van der Waals surface area contributed by atoms with Gasteiger partial charge in [-0.2, -0.15) is 0 Å². The van der Waals surface area contributed by atoms with Gasteiger partial charge in [0.15, 0.2) is 0 Å². The van der Waals surface area contributed by atoms with Gasteiger partial charge in [0.25, 0.3) is 5.91 Å². The van der Waals surface area contributed by atoms with Gasteiger partial charge in [0.05, 0.1) is 6.42 Å². The van der Waals surface area contributed by atoms with E-state index in [4.69, 9.17) is 0 Å². The van der Waals surface area contributed by atoms with E-state index in [1.807, 2.05) is 54.6 Å². The molecule has 0 unspecified atom stereocenters. The predicted molar refractivity (Wildman–Crippen MR) is 104 cm³/mol. The highest BCUT2D eigenvalue weighted by molar-refractivity contribution is 9.10. The summed E-state index contributed by atoms with van der Waals surface area (Å²) in [5, 5.41) is 0. The van der Waals surface area contributed by atoms with Crippen molar-refractivity contribution in [2.75, 3.05) is 0 Å². The summed E-state index contributed by atoms with van der Waals surface area (Å²) < 4.78 is 2.48. The molecule has 0 bridgehead atoms. The van der Waals surface area contributed by atoms with E-state index in [9.17, 15) is 9.59 Å². The third kappa shape index (κ3) is 4.40. The smallest absolute Gasteiger partial charge is 0.286 e. The lowest BCUT2D eigenvalue weighted by Crippen LogP contribution is -2.42. The molecule has 0 radical (unpaired) electrons. The minimum Gasteiger partial charge on any atom is -0.345 e. The van der Waals surface area contributed by atoms with Crippen molar-refractivity contribution in [3.63, 3.8) is 0 Å². The summed E-state index contributed by atoms with van der Waals surface area (Å²) in [7, 11) is 1.76.